The molecule has 0 aliphatic heterocycles. The van der Waals surface area contributed by atoms with Crippen molar-refractivity contribution in [2.24, 2.45) is 0 Å². The van der Waals surface area contributed by atoms with E-state index in [1.807, 2.05) is 0 Å². The first-order chi connectivity index (χ1) is 10.1. The molecule has 0 bridgehead atoms. The van der Waals surface area contributed by atoms with Gasteiger partial charge in [0.15, 0.2) is 0 Å². The Morgan fingerprint density at radius 3 is 2.52 bits per heavy atom. The van der Waals surface area contributed by atoms with Gasteiger partial charge in [-0.2, -0.15) is 0 Å². The topological polar surface area (TPSA) is 55.8 Å². The minimum Gasteiger partial charge on any atom is -0.490 e. The predicted molar refractivity (Wildman–Crippen MR) is 80.3 cm³/mol. The van der Waals surface area contributed by atoms with Gasteiger partial charge in [-0.15, -0.1) is 0 Å². The Balaban J connectivity index is 2.53. The third kappa shape index (κ3) is 5.69. The van der Waals surface area contributed by atoms with Crippen LogP contribution in [0.5, 0.6) is 5.75 Å². The molecule has 21 heavy (non-hydrogen) atoms. The monoisotopic (exact) mass is 291 g/mol. The van der Waals surface area contributed by atoms with Crippen LogP contribution in [0.4, 0.5) is 0 Å². The van der Waals surface area contributed by atoms with Gasteiger partial charge in [0.1, 0.15) is 12.4 Å². The molecule has 0 aromatic heterocycles. The summed E-state index contributed by atoms with van der Waals surface area (Å²) in [5.41, 5.74) is 0.548. The number of carbonyl (C=O) groups excluding carboxylic acids is 2. The Morgan fingerprint density at radius 1 is 1.29 bits per heavy atom. The Kier molecular flexibility index (Phi) is 7.01. The summed E-state index contributed by atoms with van der Waals surface area (Å²) < 4.78 is 10.2. The van der Waals surface area contributed by atoms with E-state index in [1.165, 1.54) is 4.90 Å². The van der Waals surface area contributed by atoms with Crippen molar-refractivity contribution < 1.29 is 19.1 Å². The molecule has 1 rings (SSSR count). The van der Waals surface area contributed by atoms with Crippen LogP contribution in [0, 0.1) is 0 Å². The molecule has 5 heteroatoms. The second-order valence-corrected chi connectivity index (χ2v) is 4.41. The zero-order valence-electron chi connectivity index (χ0n) is 12.5. The molecule has 0 saturated carbocycles. The lowest BCUT2D eigenvalue weighted by Gasteiger charge is -2.16. The third-order valence-corrected chi connectivity index (χ3v) is 2.77. The van der Waals surface area contributed by atoms with Crippen LogP contribution in [0.1, 0.15) is 23.7 Å². The Bertz CT molecular complexity index is 482. The summed E-state index contributed by atoms with van der Waals surface area (Å²) in [7, 11) is 1.66. The molecule has 0 unspecified atom stereocenters. The lowest BCUT2D eigenvalue weighted by Crippen LogP contribution is -2.29. The number of hydrogen-bond acceptors (Lipinski definition) is 4. The molecule has 0 aliphatic rings. The fourth-order valence-corrected chi connectivity index (χ4v) is 1.66. The van der Waals surface area contributed by atoms with E-state index in [4.69, 9.17) is 9.47 Å². The maximum Gasteiger partial charge on any atom is 0.307 e. The highest BCUT2D eigenvalue weighted by atomic mass is 16.5. The molecule has 0 radical (unpaired) electrons. The van der Waals surface area contributed by atoms with Gasteiger partial charge in [0.05, 0.1) is 13.0 Å². The first-order valence-electron chi connectivity index (χ1n) is 6.83. The zero-order valence-corrected chi connectivity index (χ0v) is 12.5. The van der Waals surface area contributed by atoms with Gasteiger partial charge >= 0.3 is 5.97 Å². The fraction of sp³-hybridized carbons (Fsp3) is 0.375. The Hall–Kier alpha value is -2.30. The van der Waals surface area contributed by atoms with Crippen LogP contribution < -0.4 is 4.74 Å². The number of ether oxygens (including phenoxy) is 2. The molecule has 0 heterocycles. The van der Waals surface area contributed by atoms with Crippen molar-refractivity contribution in [3.8, 4) is 5.75 Å². The summed E-state index contributed by atoms with van der Waals surface area (Å²) >= 11 is 0. The first kappa shape index (κ1) is 16.8. The van der Waals surface area contributed by atoms with Gasteiger partial charge in [0, 0.05) is 19.2 Å². The number of rotatable bonds is 8. The lowest BCUT2D eigenvalue weighted by molar-refractivity contribution is -0.143. The summed E-state index contributed by atoms with van der Waals surface area (Å²) in [6, 6.07) is 6.86. The van der Waals surface area contributed by atoms with Crippen LogP contribution in [0.3, 0.4) is 0 Å². The highest BCUT2D eigenvalue weighted by Gasteiger charge is 2.13. The van der Waals surface area contributed by atoms with Gasteiger partial charge in [-0.3, -0.25) is 9.59 Å². The molecule has 0 N–H and O–H groups in total. The summed E-state index contributed by atoms with van der Waals surface area (Å²) in [5.74, 6) is 0.237. The highest BCUT2D eigenvalue weighted by molar-refractivity contribution is 5.94. The van der Waals surface area contributed by atoms with Crippen molar-refractivity contribution >= 4 is 11.9 Å². The number of nitrogens with zero attached hydrogens (tertiary/aromatic N) is 1. The number of esters is 1. The number of benzene rings is 1. The van der Waals surface area contributed by atoms with Crippen molar-refractivity contribution in [2.75, 3.05) is 26.8 Å². The van der Waals surface area contributed by atoms with E-state index >= 15 is 0 Å². The average molecular weight is 291 g/mol. The van der Waals surface area contributed by atoms with Gasteiger partial charge in [0.25, 0.3) is 5.91 Å². The molecule has 1 aromatic carbocycles. The molecular formula is C16H21NO4. The van der Waals surface area contributed by atoms with Crippen LogP contribution in [0.15, 0.2) is 36.9 Å². The molecule has 0 saturated heterocycles. The van der Waals surface area contributed by atoms with Gasteiger partial charge in [0.2, 0.25) is 0 Å². The molecule has 0 atom stereocenters. The second-order valence-electron chi connectivity index (χ2n) is 4.41. The maximum absolute atomic E-state index is 12.2. The minimum absolute atomic E-state index is 0.144. The first-order valence-corrected chi connectivity index (χ1v) is 6.83. The number of carbonyl (C=O) groups is 2. The largest absolute Gasteiger partial charge is 0.490 e. The molecule has 1 amide bonds. The fourth-order valence-electron chi connectivity index (χ4n) is 1.66. The normalized spacial score (nSPS) is 9.81. The van der Waals surface area contributed by atoms with Crippen LogP contribution in [0.25, 0.3) is 0 Å². The van der Waals surface area contributed by atoms with Gasteiger partial charge in [-0.1, -0.05) is 12.7 Å². The highest BCUT2D eigenvalue weighted by Crippen LogP contribution is 2.13. The SMILES string of the molecule is C=CCOc1ccc(C(=O)N(C)CCC(=O)OCC)cc1. The summed E-state index contributed by atoms with van der Waals surface area (Å²) in [6.45, 7) is 6.42. The van der Waals surface area contributed by atoms with E-state index in [-0.39, 0.29) is 18.3 Å². The second kappa shape index (κ2) is 8.79. The Morgan fingerprint density at radius 2 is 1.95 bits per heavy atom. The van der Waals surface area contributed by atoms with Crippen LogP contribution >= 0.6 is 0 Å². The summed E-state index contributed by atoms with van der Waals surface area (Å²) in [6.07, 6.45) is 1.85. The number of amides is 1. The van der Waals surface area contributed by atoms with Crippen molar-refractivity contribution in [3.63, 3.8) is 0 Å². The Labute approximate surface area is 125 Å². The van der Waals surface area contributed by atoms with E-state index < -0.39 is 0 Å². The van der Waals surface area contributed by atoms with Gasteiger partial charge in [-0.25, -0.2) is 0 Å². The van der Waals surface area contributed by atoms with Gasteiger partial charge in [-0.05, 0) is 31.2 Å². The van der Waals surface area contributed by atoms with Crippen molar-refractivity contribution in [1.29, 1.82) is 0 Å². The number of hydrogen-bond donors (Lipinski definition) is 0. The molecule has 0 spiro atoms. The van der Waals surface area contributed by atoms with E-state index in [1.54, 1.807) is 44.3 Å². The maximum atomic E-state index is 12.2. The predicted octanol–water partition coefficient (Wildman–Crippen LogP) is 2.28. The van der Waals surface area contributed by atoms with Crippen LogP contribution in [-0.4, -0.2) is 43.6 Å². The quantitative estimate of drug-likeness (QED) is 0.544. The van der Waals surface area contributed by atoms with E-state index in [2.05, 4.69) is 6.58 Å². The summed E-state index contributed by atoms with van der Waals surface area (Å²) in [5, 5.41) is 0. The van der Waals surface area contributed by atoms with E-state index in [0.717, 1.165) is 0 Å². The average Bonchev–Trinajstić information content (AvgIpc) is 2.50. The van der Waals surface area contributed by atoms with E-state index in [9.17, 15) is 9.59 Å². The molecule has 0 aliphatic carbocycles. The van der Waals surface area contributed by atoms with Crippen LogP contribution in [0.2, 0.25) is 0 Å². The van der Waals surface area contributed by atoms with Crippen molar-refractivity contribution in [1.82, 2.24) is 4.90 Å². The molecule has 1 aromatic rings. The smallest absolute Gasteiger partial charge is 0.307 e. The standard InChI is InChI=1S/C16H21NO4/c1-4-12-21-14-8-6-13(7-9-14)16(19)17(3)11-10-15(18)20-5-2/h4,6-9H,1,5,10-12H2,2-3H3. The minimum atomic E-state index is -0.301. The van der Waals surface area contributed by atoms with Gasteiger partial charge < -0.3 is 14.4 Å². The summed E-state index contributed by atoms with van der Waals surface area (Å²) in [4.78, 5) is 24.9. The molecule has 5 nitrogen and oxygen atoms in total. The molecular weight excluding hydrogens is 270 g/mol. The van der Waals surface area contributed by atoms with E-state index in [0.29, 0.717) is 31.1 Å². The third-order valence-electron chi connectivity index (χ3n) is 2.77. The van der Waals surface area contributed by atoms with Crippen molar-refractivity contribution in [3.05, 3.63) is 42.5 Å². The van der Waals surface area contributed by atoms with Crippen molar-refractivity contribution in [2.45, 2.75) is 13.3 Å². The lowest BCUT2D eigenvalue weighted by atomic mass is 10.2. The molecule has 0 fully saturated rings. The molecule has 114 valence electrons. The zero-order chi connectivity index (χ0) is 15.7. The van der Waals surface area contributed by atoms with Crippen LogP contribution in [-0.2, 0) is 9.53 Å².